The van der Waals surface area contributed by atoms with Gasteiger partial charge in [0.1, 0.15) is 7.85 Å². The molecule has 1 saturated heterocycles. The van der Waals surface area contributed by atoms with E-state index in [1.807, 2.05) is 23.9 Å². The lowest BCUT2D eigenvalue weighted by Gasteiger charge is -2.32. The van der Waals surface area contributed by atoms with Crippen LogP contribution in [0.25, 0.3) is 0 Å². The van der Waals surface area contributed by atoms with Crippen LogP contribution in [0.1, 0.15) is 45.4 Å². The van der Waals surface area contributed by atoms with Gasteiger partial charge in [-0.25, -0.2) is 4.79 Å². The van der Waals surface area contributed by atoms with Crippen molar-refractivity contribution in [2.24, 2.45) is 0 Å². The Kier molecular flexibility index (Phi) is 3.42. The maximum atomic E-state index is 12.0. The van der Waals surface area contributed by atoms with E-state index < -0.39 is 0 Å². The molecule has 1 heterocycles. The Bertz CT molecular complexity index is 306. The normalized spacial score (nSPS) is 39.6. The summed E-state index contributed by atoms with van der Waals surface area (Å²) >= 11 is 0. The number of hydrogen-bond acceptors (Lipinski definition) is 1. The van der Waals surface area contributed by atoms with Gasteiger partial charge in [0, 0.05) is 14.1 Å². The first-order valence-corrected chi connectivity index (χ1v) is 6.92. The third-order valence-electron chi connectivity index (χ3n) is 4.66. The molecule has 1 saturated carbocycles. The number of nitrogens with zero attached hydrogens (tertiary/aromatic N) is 2. The highest BCUT2D eigenvalue weighted by Crippen LogP contribution is 2.40. The first-order valence-electron chi connectivity index (χ1n) is 6.92. The zero-order valence-corrected chi connectivity index (χ0v) is 11.7. The van der Waals surface area contributed by atoms with Crippen LogP contribution >= 0.6 is 0 Å². The summed E-state index contributed by atoms with van der Waals surface area (Å²) in [7, 11) is 6.29. The van der Waals surface area contributed by atoms with Crippen molar-refractivity contribution in [2.75, 3.05) is 14.1 Å². The molecule has 0 radical (unpaired) electrons. The molecule has 0 spiro atoms. The Morgan fingerprint density at radius 3 is 2.53 bits per heavy atom. The topological polar surface area (TPSA) is 23.6 Å². The van der Waals surface area contributed by atoms with Crippen molar-refractivity contribution in [3.05, 3.63) is 0 Å². The monoisotopic (exact) mass is 236 g/mol. The SMILES string of the molecule is BC1(C)CCCCCC2C(C1)N(C)C(=O)N2C. The highest BCUT2D eigenvalue weighted by atomic mass is 16.2. The third-order valence-corrected chi connectivity index (χ3v) is 4.66. The number of carbonyl (C=O) groups is 1. The van der Waals surface area contributed by atoms with Gasteiger partial charge in [0.2, 0.25) is 0 Å². The summed E-state index contributed by atoms with van der Waals surface area (Å²) < 4.78 is 0. The third kappa shape index (κ3) is 2.45. The van der Waals surface area contributed by atoms with Gasteiger partial charge < -0.3 is 9.80 Å². The number of rotatable bonds is 0. The molecule has 2 aliphatic rings. The molecule has 96 valence electrons. The van der Waals surface area contributed by atoms with Crippen molar-refractivity contribution < 1.29 is 4.79 Å². The largest absolute Gasteiger partial charge is 0.323 e. The van der Waals surface area contributed by atoms with Crippen LogP contribution in [0.2, 0.25) is 5.31 Å². The maximum absolute atomic E-state index is 12.0. The first-order chi connectivity index (χ1) is 7.92. The van der Waals surface area contributed by atoms with Crippen molar-refractivity contribution in [3.8, 4) is 0 Å². The highest BCUT2D eigenvalue weighted by molar-refractivity contribution is 6.14. The van der Waals surface area contributed by atoms with Gasteiger partial charge in [-0.05, 0) is 12.8 Å². The van der Waals surface area contributed by atoms with Crippen LogP contribution in [-0.2, 0) is 0 Å². The molecule has 2 amide bonds. The molecule has 2 rings (SSSR count). The van der Waals surface area contributed by atoms with E-state index in [-0.39, 0.29) is 6.03 Å². The predicted molar refractivity (Wildman–Crippen MR) is 73.1 cm³/mol. The first kappa shape index (κ1) is 12.8. The molecule has 2 fully saturated rings. The van der Waals surface area contributed by atoms with Crippen molar-refractivity contribution in [1.29, 1.82) is 0 Å². The highest BCUT2D eigenvalue weighted by Gasteiger charge is 2.43. The van der Waals surface area contributed by atoms with Gasteiger partial charge in [0.05, 0.1) is 12.1 Å². The summed E-state index contributed by atoms with van der Waals surface area (Å²) in [6.07, 6.45) is 7.54. The minimum absolute atomic E-state index is 0.205. The Morgan fingerprint density at radius 1 is 1.18 bits per heavy atom. The molecule has 0 N–H and O–H groups in total. The molecular weight excluding hydrogens is 211 g/mol. The van der Waals surface area contributed by atoms with Gasteiger partial charge in [-0.3, -0.25) is 0 Å². The Balaban J connectivity index is 2.21. The summed E-state index contributed by atoms with van der Waals surface area (Å²) in [6, 6.07) is 1.06. The van der Waals surface area contributed by atoms with Crippen LogP contribution in [0.4, 0.5) is 4.79 Å². The van der Waals surface area contributed by atoms with Crippen LogP contribution in [0.3, 0.4) is 0 Å². The molecule has 0 aromatic rings. The van der Waals surface area contributed by atoms with Crippen molar-refractivity contribution in [1.82, 2.24) is 9.80 Å². The molecule has 3 unspecified atom stereocenters. The standard InChI is InChI=1S/C13H25BN2O/c1-13(14)8-6-4-5-7-10-11(9-13)16(3)12(17)15(10)2/h10-11H,4-9,14H2,1-3H3. The van der Waals surface area contributed by atoms with Crippen molar-refractivity contribution in [3.63, 3.8) is 0 Å². The summed E-state index contributed by atoms with van der Waals surface area (Å²) in [5.41, 5.74) is 0. The Hall–Kier alpha value is -0.665. The molecule has 3 nitrogen and oxygen atoms in total. The summed E-state index contributed by atoms with van der Waals surface area (Å²) in [6.45, 7) is 2.35. The number of amides is 2. The van der Waals surface area contributed by atoms with Crippen LogP contribution in [0, 0.1) is 0 Å². The van der Waals surface area contributed by atoms with E-state index in [0.29, 0.717) is 17.4 Å². The zero-order valence-electron chi connectivity index (χ0n) is 11.7. The van der Waals surface area contributed by atoms with Crippen molar-refractivity contribution >= 4 is 13.9 Å². The predicted octanol–water partition coefficient (Wildman–Crippen LogP) is 1.89. The van der Waals surface area contributed by atoms with Crippen LogP contribution in [-0.4, -0.2) is 49.9 Å². The van der Waals surface area contributed by atoms with E-state index in [4.69, 9.17) is 0 Å². The molecule has 1 aliphatic heterocycles. The van der Waals surface area contributed by atoms with E-state index in [0.717, 1.165) is 6.42 Å². The van der Waals surface area contributed by atoms with Crippen LogP contribution in [0.15, 0.2) is 0 Å². The summed E-state index contributed by atoms with van der Waals surface area (Å²) in [5.74, 6) is 0. The average molecular weight is 236 g/mol. The number of urea groups is 1. The van der Waals surface area contributed by atoms with Gasteiger partial charge in [-0.1, -0.05) is 37.9 Å². The van der Waals surface area contributed by atoms with E-state index in [1.54, 1.807) is 0 Å². The molecule has 1 aliphatic carbocycles. The fourth-order valence-corrected chi connectivity index (χ4v) is 3.51. The Morgan fingerprint density at radius 2 is 1.82 bits per heavy atom. The lowest BCUT2D eigenvalue weighted by molar-refractivity contribution is 0.197. The minimum atomic E-state index is 0.205. The second kappa shape index (κ2) is 4.54. The number of carbonyl (C=O) groups excluding carboxylic acids is 1. The molecule has 4 heteroatoms. The van der Waals surface area contributed by atoms with Crippen molar-refractivity contribution in [2.45, 2.75) is 62.8 Å². The molecular formula is C13H25BN2O. The Labute approximate surface area is 106 Å². The van der Waals surface area contributed by atoms with Crippen LogP contribution < -0.4 is 0 Å². The van der Waals surface area contributed by atoms with E-state index in [1.165, 1.54) is 32.1 Å². The summed E-state index contributed by atoms with van der Waals surface area (Å²) in [5, 5.41) is 0.368. The van der Waals surface area contributed by atoms with Gasteiger partial charge in [0.25, 0.3) is 0 Å². The maximum Gasteiger partial charge on any atom is 0.320 e. The molecule has 0 aromatic carbocycles. The van der Waals surface area contributed by atoms with Crippen LogP contribution in [0.5, 0.6) is 0 Å². The minimum Gasteiger partial charge on any atom is -0.323 e. The zero-order chi connectivity index (χ0) is 12.6. The lowest BCUT2D eigenvalue weighted by atomic mass is 9.63. The molecule has 0 bridgehead atoms. The number of likely N-dealkylation sites (N-methyl/N-ethyl adjacent to an activating group) is 2. The van der Waals surface area contributed by atoms with Gasteiger partial charge >= 0.3 is 6.03 Å². The fraction of sp³-hybridized carbons (Fsp3) is 0.923. The number of fused-ring (bicyclic) bond motifs is 1. The second-order valence-electron chi connectivity index (χ2n) is 6.61. The van der Waals surface area contributed by atoms with Gasteiger partial charge in [-0.2, -0.15) is 0 Å². The molecule has 17 heavy (non-hydrogen) atoms. The fourth-order valence-electron chi connectivity index (χ4n) is 3.51. The molecule has 0 aromatic heterocycles. The lowest BCUT2D eigenvalue weighted by Crippen LogP contribution is -2.37. The van der Waals surface area contributed by atoms with E-state index in [9.17, 15) is 4.79 Å². The summed E-state index contributed by atoms with van der Waals surface area (Å²) in [4.78, 5) is 16.0. The van der Waals surface area contributed by atoms with E-state index >= 15 is 0 Å². The average Bonchev–Trinajstić information content (AvgIpc) is 2.49. The second-order valence-corrected chi connectivity index (χ2v) is 6.61. The quantitative estimate of drug-likeness (QED) is 0.589. The molecule has 3 atom stereocenters. The van der Waals surface area contributed by atoms with Gasteiger partial charge in [-0.15, -0.1) is 0 Å². The van der Waals surface area contributed by atoms with Gasteiger partial charge in [0.15, 0.2) is 0 Å². The smallest absolute Gasteiger partial charge is 0.320 e. The number of hydrogen-bond donors (Lipinski definition) is 0. The van der Waals surface area contributed by atoms with E-state index in [2.05, 4.69) is 14.8 Å².